The minimum atomic E-state index is -0.386. The molecule has 2 amide bonds. The van der Waals surface area contributed by atoms with Gasteiger partial charge in [0.15, 0.2) is 0 Å². The standard InChI is InChI=1S/C21H17Cl2N3O2/c1-12-15(22)5-3-7-17(12)25-20(27)14-9-10-19(24-11-14)21(28)26-18-8-4-6-16(23)13(18)2/h3-11H,1-2H3,(H,25,27)(H,26,28). The van der Waals surface area contributed by atoms with Crippen LogP contribution in [0.5, 0.6) is 0 Å². The summed E-state index contributed by atoms with van der Waals surface area (Å²) in [6.45, 7) is 3.64. The summed E-state index contributed by atoms with van der Waals surface area (Å²) in [6, 6.07) is 13.6. The molecule has 0 aliphatic rings. The predicted molar refractivity (Wildman–Crippen MR) is 113 cm³/mol. The highest BCUT2D eigenvalue weighted by Crippen LogP contribution is 2.24. The molecule has 3 aromatic rings. The van der Waals surface area contributed by atoms with Gasteiger partial charge in [-0.05, 0) is 61.4 Å². The van der Waals surface area contributed by atoms with Crippen molar-refractivity contribution in [3.63, 3.8) is 0 Å². The van der Waals surface area contributed by atoms with Gasteiger partial charge < -0.3 is 10.6 Å². The summed E-state index contributed by atoms with van der Waals surface area (Å²) in [5, 5.41) is 6.69. The lowest BCUT2D eigenvalue weighted by molar-refractivity contribution is 0.101. The molecule has 1 aromatic heterocycles. The first-order valence-electron chi connectivity index (χ1n) is 8.46. The molecule has 0 spiro atoms. The monoisotopic (exact) mass is 413 g/mol. The van der Waals surface area contributed by atoms with Crippen LogP contribution in [0.15, 0.2) is 54.7 Å². The van der Waals surface area contributed by atoms with Gasteiger partial charge in [0, 0.05) is 27.6 Å². The molecule has 28 heavy (non-hydrogen) atoms. The third-order valence-electron chi connectivity index (χ3n) is 4.29. The topological polar surface area (TPSA) is 71.1 Å². The van der Waals surface area contributed by atoms with Crippen LogP contribution in [-0.2, 0) is 0 Å². The Morgan fingerprint density at radius 2 is 1.32 bits per heavy atom. The lowest BCUT2D eigenvalue weighted by Crippen LogP contribution is -2.17. The van der Waals surface area contributed by atoms with E-state index in [0.29, 0.717) is 27.0 Å². The van der Waals surface area contributed by atoms with Crippen LogP contribution in [0.1, 0.15) is 32.0 Å². The normalized spacial score (nSPS) is 10.4. The third kappa shape index (κ3) is 4.32. The SMILES string of the molecule is Cc1c(Cl)cccc1NC(=O)c1ccc(C(=O)Nc2cccc(Cl)c2C)nc1. The number of nitrogens with one attached hydrogen (secondary N) is 2. The maximum Gasteiger partial charge on any atom is 0.274 e. The predicted octanol–water partition coefficient (Wildman–Crippen LogP) is 5.51. The fraction of sp³-hybridized carbons (Fsp3) is 0.0952. The van der Waals surface area contributed by atoms with E-state index >= 15 is 0 Å². The van der Waals surface area contributed by atoms with Gasteiger partial charge in [-0.15, -0.1) is 0 Å². The molecule has 0 unspecified atom stereocenters. The first-order valence-corrected chi connectivity index (χ1v) is 9.21. The van der Waals surface area contributed by atoms with E-state index in [1.165, 1.54) is 12.3 Å². The van der Waals surface area contributed by atoms with Gasteiger partial charge in [0.2, 0.25) is 0 Å². The summed E-state index contributed by atoms with van der Waals surface area (Å²) >= 11 is 12.1. The third-order valence-corrected chi connectivity index (χ3v) is 5.11. The average molecular weight is 414 g/mol. The van der Waals surface area contributed by atoms with E-state index in [1.54, 1.807) is 42.5 Å². The number of amides is 2. The van der Waals surface area contributed by atoms with Gasteiger partial charge in [-0.2, -0.15) is 0 Å². The molecule has 0 aliphatic heterocycles. The molecule has 0 fully saturated rings. The van der Waals surface area contributed by atoms with Crippen LogP contribution < -0.4 is 10.6 Å². The summed E-state index contributed by atoms with van der Waals surface area (Å²) in [5.74, 6) is -0.724. The fourth-order valence-electron chi connectivity index (χ4n) is 2.53. The first kappa shape index (κ1) is 19.9. The highest BCUT2D eigenvalue weighted by molar-refractivity contribution is 6.32. The van der Waals surface area contributed by atoms with Gasteiger partial charge >= 0.3 is 0 Å². The van der Waals surface area contributed by atoms with Crippen LogP contribution in [0.25, 0.3) is 0 Å². The molecule has 0 saturated heterocycles. The molecule has 0 aliphatic carbocycles. The fourth-order valence-corrected chi connectivity index (χ4v) is 2.88. The van der Waals surface area contributed by atoms with Gasteiger partial charge in [0.25, 0.3) is 11.8 Å². The molecule has 2 aromatic carbocycles. The summed E-state index contributed by atoms with van der Waals surface area (Å²) in [7, 11) is 0. The Morgan fingerprint density at radius 3 is 1.82 bits per heavy atom. The zero-order chi connectivity index (χ0) is 20.3. The Labute approximate surface area is 172 Å². The van der Waals surface area contributed by atoms with Gasteiger partial charge in [-0.3, -0.25) is 14.6 Å². The van der Waals surface area contributed by atoms with Crippen molar-refractivity contribution in [3.8, 4) is 0 Å². The smallest absolute Gasteiger partial charge is 0.274 e. The van der Waals surface area contributed by atoms with Crippen molar-refractivity contribution >= 4 is 46.4 Å². The first-order chi connectivity index (χ1) is 13.4. The zero-order valence-electron chi connectivity index (χ0n) is 15.2. The Hall–Kier alpha value is -2.89. The Morgan fingerprint density at radius 1 is 0.786 bits per heavy atom. The highest BCUT2D eigenvalue weighted by Gasteiger charge is 2.13. The number of nitrogens with zero attached hydrogens (tertiary/aromatic N) is 1. The number of hydrogen-bond acceptors (Lipinski definition) is 3. The molecule has 2 N–H and O–H groups in total. The Kier molecular flexibility index (Phi) is 5.97. The lowest BCUT2D eigenvalue weighted by Gasteiger charge is -2.10. The zero-order valence-corrected chi connectivity index (χ0v) is 16.7. The van der Waals surface area contributed by atoms with Crippen LogP contribution in [0, 0.1) is 13.8 Å². The molecule has 0 atom stereocenters. The van der Waals surface area contributed by atoms with Crippen molar-refractivity contribution in [1.29, 1.82) is 0 Å². The summed E-state index contributed by atoms with van der Waals surface area (Å²) in [5.41, 5.74) is 3.29. The van der Waals surface area contributed by atoms with Crippen LogP contribution in [0.4, 0.5) is 11.4 Å². The van der Waals surface area contributed by atoms with E-state index in [4.69, 9.17) is 23.2 Å². The number of benzene rings is 2. The number of carbonyl (C=O) groups is 2. The number of carbonyl (C=O) groups excluding carboxylic acids is 2. The number of halogens is 2. The Balaban J connectivity index is 1.72. The summed E-state index contributed by atoms with van der Waals surface area (Å²) in [6.07, 6.45) is 1.36. The van der Waals surface area contributed by atoms with Crippen LogP contribution in [0.3, 0.4) is 0 Å². The molecule has 0 radical (unpaired) electrons. The molecule has 5 nitrogen and oxygen atoms in total. The van der Waals surface area contributed by atoms with Crippen LogP contribution >= 0.6 is 23.2 Å². The summed E-state index contributed by atoms with van der Waals surface area (Å²) < 4.78 is 0. The van der Waals surface area contributed by atoms with E-state index in [9.17, 15) is 9.59 Å². The van der Waals surface area contributed by atoms with E-state index in [-0.39, 0.29) is 17.5 Å². The second-order valence-electron chi connectivity index (χ2n) is 6.17. The van der Waals surface area contributed by atoms with Gasteiger partial charge in [0.05, 0.1) is 5.56 Å². The number of aromatic nitrogens is 1. The van der Waals surface area contributed by atoms with E-state index in [1.807, 2.05) is 13.8 Å². The van der Waals surface area contributed by atoms with Gasteiger partial charge in [0.1, 0.15) is 5.69 Å². The van der Waals surface area contributed by atoms with E-state index in [2.05, 4.69) is 15.6 Å². The highest BCUT2D eigenvalue weighted by atomic mass is 35.5. The minimum absolute atomic E-state index is 0.190. The number of anilines is 2. The molecule has 7 heteroatoms. The van der Waals surface area contributed by atoms with Gasteiger partial charge in [-0.1, -0.05) is 35.3 Å². The number of pyridine rings is 1. The largest absolute Gasteiger partial charge is 0.322 e. The maximum atomic E-state index is 12.4. The number of hydrogen-bond donors (Lipinski definition) is 2. The van der Waals surface area contributed by atoms with Crippen molar-refractivity contribution < 1.29 is 9.59 Å². The molecule has 1 heterocycles. The molecular weight excluding hydrogens is 397 g/mol. The maximum absolute atomic E-state index is 12.4. The van der Waals surface area contributed by atoms with Crippen molar-refractivity contribution in [2.75, 3.05) is 10.6 Å². The second-order valence-corrected chi connectivity index (χ2v) is 6.98. The van der Waals surface area contributed by atoms with E-state index in [0.717, 1.165) is 11.1 Å². The molecular formula is C21H17Cl2N3O2. The lowest BCUT2D eigenvalue weighted by atomic mass is 10.1. The molecule has 142 valence electrons. The quantitative estimate of drug-likeness (QED) is 0.592. The van der Waals surface area contributed by atoms with Crippen molar-refractivity contribution in [3.05, 3.63) is 87.2 Å². The Bertz CT molecular complexity index is 966. The van der Waals surface area contributed by atoms with Crippen LogP contribution in [-0.4, -0.2) is 16.8 Å². The minimum Gasteiger partial charge on any atom is -0.322 e. The molecule has 0 bridgehead atoms. The van der Waals surface area contributed by atoms with Gasteiger partial charge in [-0.25, -0.2) is 0 Å². The number of rotatable bonds is 4. The van der Waals surface area contributed by atoms with Crippen LogP contribution in [0.2, 0.25) is 10.0 Å². The van der Waals surface area contributed by atoms with Crippen molar-refractivity contribution in [2.24, 2.45) is 0 Å². The average Bonchev–Trinajstić information content (AvgIpc) is 2.69. The van der Waals surface area contributed by atoms with Crippen molar-refractivity contribution in [1.82, 2.24) is 4.98 Å². The van der Waals surface area contributed by atoms with E-state index < -0.39 is 0 Å². The molecule has 3 rings (SSSR count). The van der Waals surface area contributed by atoms with Crippen molar-refractivity contribution in [2.45, 2.75) is 13.8 Å². The summed E-state index contributed by atoms with van der Waals surface area (Å²) in [4.78, 5) is 28.9. The second kappa shape index (κ2) is 8.42. The molecule has 0 saturated carbocycles.